The van der Waals surface area contributed by atoms with E-state index >= 15 is 0 Å². The number of morpholine rings is 1. The zero-order valence-electron chi connectivity index (χ0n) is 14.9. The number of aromatic amines is 1. The molecule has 140 valence electrons. The third-order valence-corrected chi connectivity index (χ3v) is 4.93. The Kier molecular flexibility index (Phi) is 5.50. The van der Waals surface area contributed by atoms with Crippen molar-refractivity contribution in [3.05, 3.63) is 18.2 Å². The Bertz CT molecular complexity index is 666. The average molecular weight is 359 g/mol. The SMILES string of the molecule is c1nc(N2CCOCC2)cc(N2CCN(CCCc3nn[nH]n3)CC2)n1. The van der Waals surface area contributed by atoms with Gasteiger partial charge in [0.1, 0.15) is 18.0 Å². The van der Waals surface area contributed by atoms with Crippen LogP contribution in [-0.4, -0.2) is 94.5 Å². The Morgan fingerprint density at radius 3 is 2.38 bits per heavy atom. The van der Waals surface area contributed by atoms with Crippen LogP contribution in [0.4, 0.5) is 11.6 Å². The van der Waals surface area contributed by atoms with Crippen LogP contribution in [0.2, 0.25) is 0 Å². The summed E-state index contributed by atoms with van der Waals surface area (Å²) in [6, 6.07) is 2.11. The monoisotopic (exact) mass is 359 g/mol. The number of anilines is 2. The first-order valence-electron chi connectivity index (χ1n) is 9.23. The molecule has 0 spiro atoms. The molecular weight excluding hydrogens is 334 g/mol. The highest BCUT2D eigenvalue weighted by Crippen LogP contribution is 2.19. The third-order valence-electron chi connectivity index (χ3n) is 4.93. The zero-order valence-corrected chi connectivity index (χ0v) is 14.9. The quantitative estimate of drug-likeness (QED) is 0.737. The maximum absolute atomic E-state index is 5.42. The predicted octanol–water partition coefficient (Wildman–Crippen LogP) is -0.419. The first-order valence-corrected chi connectivity index (χ1v) is 9.23. The van der Waals surface area contributed by atoms with Gasteiger partial charge in [0.05, 0.1) is 13.2 Å². The van der Waals surface area contributed by atoms with Crippen LogP contribution in [0, 0.1) is 0 Å². The van der Waals surface area contributed by atoms with Crippen LogP contribution in [0.3, 0.4) is 0 Å². The number of ether oxygens (including phenoxy) is 1. The van der Waals surface area contributed by atoms with Crippen molar-refractivity contribution in [2.24, 2.45) is 0 Å². The normalized spacial score (nSPS) is 19.1. The molecule has 2 aromatic heterocycles. The minimum atomic E-state index is 0.766. The summed E-state index contributed by atoms with van der Waals surface area (Å²) in [5, 5.41) is 14.1. The van der Waals surface area contributed by atoms with Gasteiger partial charge in [0.25, 0.3) is 0 Å². The van der Waals surface area contributed by atoms with Gasteiger partial charge in [0.15, 0.2) is 5.82 Å². The van der Waals surface area contributed by atoms with E-state index < -0.39 is 0 Å². The molecule has 1 N–H and O–H groups in total. The molecule has 2 aliphatic heterocycles. The van der Waals surface area contributed by atoms with E-state index in [2.05, 4.69) is 51.4 Å². The fourth-order valence-corrected chi connectivity index (χ4v) is 3.43. The topological polar surface area (TPSA) is 99.2 Å². The molecule has 26 heavy (non-hydrogen) atoms. The highest BCUT2D eigenvalue weighted by molar-refractivity contribution is 5.50. The standard InChI is InChI=1S/C16H25N9O/c1(2-14-19-21-22-20-14)3-23-4-6-24(7-5-23)15-12-16(18-13-17-15)25-8-10-26-11-9-25/h12-13H,1-11H2,(H,19,20,21,22). The summed E-state index contributed by atoms with van der Waals surface area (Å²) in [5.74, 6) is 2.81. The molecule has 10 nitrogen and oxygen atoms in total. The van der Waals surface area contributed by atoms with Crippen molar-refractivity contribution < 1.29 is 4.74 Å². The van der Waals surface area contributed by atoms with Crippen molar-refractivity contribution in [2.75, 3.05) is 68.8 Å². The minimum Gasteiger partial charge on any atom is -0.378 e. The molecule has 4 heterocycles. The number of hydrogen-bond donors (Lipinski definition) is 1. The summed E-state index contributed by atoms with van der Waals surface area (Å²) in [7, 11) is 0. The van der Waals surface area contributed by atoms with Gasteiger partial charge in [0, 0.05) is 51.8 Å². The summed E-state index contributed by atoms with van der Waals surface area (Å²) in [5.41, 5.74) is 0. The van der Waals surface area contributed by atoms with Crippen molar-refractivity contribution in [1.29, 1.82) is 0 Å². The molecule has 0 unspecified atom stereocenters. The highest BCUT2D eigenvalue weighted by atomic mass is 16.5. The van der Waals surface area contributed by atoms with Gasteiger partial charge in [-0.05, 0) is 13.0 Å². The molecule has 0 aromatic carbocycles. The smallest absolute Gasteiger partial charge is 0.174 e. The summed E-state index contributed by atoms with van der Waals surface area (Å²) < 4.78 is 5.42. The van der Waals surface area contributed by atoms with Crippen molar-refractivity contribution in [1.82, 2.24) is 35.5 Å². The molecule has 2 aromatic rings. The van der Waals surface area contributed by atoms with Crippen LogP contribution in [0.25, 0.3) is 0 Å². The van der Waals surface area contributed by atoms with Gasteiger partial charge in [0.2, 0.25) is 0 Å². The van der Waals surface area contributed by atoms with E-state index in [1.165, 1.54) is 0 Å². The Morgan fingerprint density at radius 2 is 1.69 bits per heavy atom. The van der Waals surface area contributed by atoms with E-state index in [9.17, 15) is 0 Å². The highest BCUT2D eigenvalue weighted by Gasteiger charge is 2.20. The number of rotatable bonds is 6. The minimum absolute atomic E-state index is 0.766. The second-order valence-corrected chi connectivity index (χ2v) is 6.59. The van der Waals surface area contributed by atoms with E-state index in [1.54, 1.807) is 6.33 Å². The van der Waals surface area contributed by atoms with Crippen molar-refractivity contribution in [3.8, 4) is 0 Å². The molecule has 2 fully saturated rings. The van der Waals surface area contributed by atoms with E-state index in [0.29, 0.717) is 0 Å². The summed E-state index contributed by atoms with van der Waals surface area (Å²) >= 11 is 0. The molecule has 2 saturated heterocycles. The number of hydrogen-bond acceptors (Lipinski definition) is 9. The summed E-state index contributed by atoms with van der Waals surface area (Å²) in [6.07, 6.45) is 3.59. The molecule has 10 heteroatoms. The molecule has 0 saturated carbocycles. The number of H-pyrrole nitrogens is 1. The lowest BCUT2D eigenvalue weighted by atomic mass is 10.2. The van der Waals surface area contributed by atoms with Crippen LogP contribution in [0.1, 0.15) is 12.2 Å². The summed E-state index contributed by atoms with van der Waals surface area (Å²) in [4.78, 5) is 16.0. The van der Waals surface area contributed by atoms with Gasteiger partial charge < -0.3 is 14.5 Å². The molecule has 4 rings (SSSR count). The lowest BCUT2D eigenvalue weighted by Gasteiger charge is -2.36. The van der Waals surface area contributed by atoms with Crippen LogP contribution in [0.15, 0.2) is 12.4 Å². The number of piperazine rings is 1. The molecule has 0 amide bonds. The largest absolute Gasteiger partial charge is 0.378 e. The molecule has 2 aliphatic rings. The Hall–Kier alpha value is -2.33. The predicted molar refractivity (Wildman–Crippen MR) is 96.2 cm³/mol. The Morgan fingerprint density at radius 1 is 0.962 bits per heavy atom. The summed E-state index contributed by atoms with van der Waals surface area (Å²) in [6.45, 7) is 8.44. The Balaban J connectivity index is 1.26. The molecule has 0 aliphatic carbocycles. The van der Waals surface area contributed by atoms with Gasteiger partial charge >= 0.3 is 0 Å². The Labute approximate surface area is 152 Å². The zero-order chi connectivity index (χ0) is 17.6. The second kappa shape index (κ2) is 8.37. The second-order valence-electron chi connectivity index (χ2n) is 6.59. The molecule has 0 bridgehead atoms. The van der Waals surface area contributed by atoms with E-state index in [1.807, 2.05) is 0 Å². The molecule has 0 radical (unpaired) electrons. The van der Waals surface area contributed by atoms with Crippen LogP contribution in [0.5, 0.6) is 0 Å². The van der Waals surface area contributed by atoms with Gasteiger partial charge in [-0.3, -0.25) is 4.90 Å². The maximum atomic E-state index is 5.42. The van der Waals surface area contributed by atoms with Gasteiger partial charge in [-0.2, -0.15) is 5.21 Å². The van der Waals surface area contributed by atoms with Crippen molar-refractivity contribution in [3.63, 3.8) is 0 Å². The van der Waals surface area contributed by atoms with Crippen LogP contribution in [-0.2, 0) is 11.2 Å². The fourth-order valence-electron chi connectivity index (χ4n) is 3.43. The number of nitrogens with one attached hydrogen (secondary N) is 1. The van der Waals surface area contributed by atoms with Crippen molar-refractivity contribution in [2.45, 2.75) is 12.8 Å². The number of aromatic nitrogens is 6. The third kappa shape index (κ3) is 4.25. The number of aryl methyl sites for hydroxylation is 1. The van der Waals surface area contributed by atoms with Crippen LogP contribution >= 0.6 is 0 Å². The number of nitrogens with zero attached hydrogens (tertiary/aromatic N) is 8. The first-order chi connectivity index (χ1) is 12.9. The maximum Gasteiger partial charge on any atom is 0.174 e. The van der Waals surface area contributed by atoms with Crippen LogP contribution < -0.4 is 9.80 Å². The lowest BCUT2D eigenvalue weighted by Crippen LogP contribution is -2.47. The van der Waals surface area contributed by atoms with E-state index in [4.69, 9.17) is 4.74 Å². The van der Waals surface area contributed by atoms with Gasteiger partial charge in [-0.25, -0.2) is 9.97 Å². The van der Waals surface area contributed by atoms with Gasteiger partial charge in [-0.15, -0.1) is 10.2 Å². The average Bonchev–Trinajstić information content (AvgIpc) is 3.23. The fraction of sp³-hybridized carbons (Fsp3) is 0.688. The molecular formula is C16H25N9O. The first kappa shape index (κ1) is 17.1. The number of tetrazole rings is 1. The van der Waals surface area contributed by atoms with E-state index in [-0.39, 0.29) is 0 Å². The molecule has 0 atom stereocenters. The van der Waals surface area contributed by atoms with Crippen molar-refractivity contribution >= 4 is 11.6 Å². The lowest BCUT2D eigenvalue weighted by molar-refractivity contribution is 0.122. The van der Waals surface area contributed by atoms with E-state index in [0.717, 1.165) is 89.3 Å². The van der Waals surface area contributed by atoms with Gasteiger partial charge in [-0.1, -0.05) is 5.21 Å².